The Kier molecular flexibility index (Phi) is 6.61. The van der Waals surface area contributed by atoms with E-state index in [1.165, 1.54) is 24.1 Å². The Bertz CT molecular complexity index is 931. The quantitative estimate of drug-likeness (QED) is 0.667. The van der Waals surface area contributed by atoms with Crippen molar-refractivity contribution in [3.8, 4) is 11.5 Å². The molecule has 158 valence electrons. The molecular formula is C21H20F2N2O5. The largest absolute Gasteiger partial charge is 0.493 e. The minimum Gasteiger partial charge on any atom is -0.493 e. The van der Waals surface area contributed by atoms with Crippen molar-refractivity contribution in [2.45, 2.75) is 32.5 Å². The number of alkyl halides is 2. The highest BCUT2D eigenvalue weighted by Gasteiger charge is 2.28. The molecule has 7 nitrogen and oxygen atoms in total. The van der Waals surface area contributed by atoms with E-state index in [1.807, 2.05) is 0 Å². The number of likely N-dealkylation sites (tertiary alicyclic amines) is 1. The zero-order chi connectivity index (χ0) is 21.7. The van der Waals surface area contributed by atoms with Gasteiger partial charge in [0.05, 0.1) is 13.7 Å². The zero-order valence-corrected chi connectivity index (χ0v) is 16.2. The van der Waals surface area contributed by atoms with Crippen LogP contribution in [0.5, 0.6) is 11.5 Å². The van der Waals surface area contributed by atoms with Crippen molar-refractivity contribution in [2.75, 3.05) is 7.11 Å². The lowest BCUT2D eigenvalue weighted by atomic mass is 10.1. The zero-order valence-electron chi connectivity index (χ0n) is 16.2. The van der Waals surface area contributed by atoms with Crippen LogP contribution in [-0.2, 0) is 22.7 Å². The summed E-state index contributed by atoms with van der Waals surface area (Å²) >= 11 is 0. The molecule has 0 radical (unpaired) electrons. The SMILES string of the molecule is COc1cc(CNC(=O)c2ccc(CN3C(=O)CCC3=O)cc2)ccc1OC(F)F. The van der Waals surface area contributed by atoms with Gasteiger partial charge in [-0.25, -0.2) is 0 Å². The third-order valence-electron chi connectivity index (χ3n) is 4.61. The molecule has 30 heavy (non-hydrogen) atoms. The van der Waals surface area contributed by atoms with E-state index >= 15 is 0 Å². The van der Waals surface area contributed by atoms with E-state index in [4.69, 9.17) is 4.74 Å². The van der Waals surface area contributed by atoms with Crippen molar-refractivity contribution in [1.29, 1.82) is 0 Å². The third kappa shape index (κ3) is 5.11. The second-order valence-corrected chi connectivity index (χ2v) is 6.62. The number of imide groups is 1. The van der Waals surface area contributed by atoms with E-state index in [0.717, 1.165) is 5.56 Å². The van der Waals surface area contributed by atoms with Crippen LogP contribution in [-0.4, -0.2) is 36.3 Å². The van der Waals surface area contributed by atoms with Crippen LogP contribution in [0.2, 0.25) is 0 Å². The topological polar surface area (TPSA) is 84.9 Å². The summed E-state index contributed by atoms with van der Waals surface area (Å²) in [6, 6.07) is 11.0. The number of nitrogens with one attached hydrogen (secondary N) is 1. The standard InChI is InChI=1S/C21H20F2N2O5/c1-29-17-10-14(4-7-16(17)30-21(22)23)11-24-20(28)15-5-2-13(3-6-15)12-25-18(26)8-9-19(25)27/h2-7,10,21H,8-9,11-12H2,1H3,(H,24,28). The normalized spacial score (nSPS) is 13.7. The van der Waals surface area contributed by atoms with Gasteiger partial charge < -0.3 is 14.8 Å². The number of rotatable bonds is 8. The molecular weight excluding hydrogens is 398 g/mol. The van der Waals surface area contributed by atoms with E-state index in [2.05, 4.69) is 10.1 Å². The van der Waals surface area contributed by atoms with Crippen molar-refractivity contribution in [3.63, 3.8) is 0 Å². The molecule has 0 bridgehead atoms. The molecule has 0 atom stereocenters. The summed E-state index contributed by atoms with van der Waals surface area (Å²) in [7, 11) is 1.33. The van der Waals surface area contributed by atoms with Crippen molar-refractivity contribution in [2.24, 2.45) is 0 Å². The van der Waals surface area contributed by atoms with E-state index in [1.54, 1.807) is 30.3 Å². The lowest BCUT2D eigenvalue weighted by molar-refractivity contribution is -0.139. The first-order chi connectivity index (χ1) is 14.4. The van der Waals surface area contributed by atoms with Crippen LogP contribution in [0.1, 0.15) is 34.3 Å². The Balaban J connectivity index is 1.58. The molecule has 2 aromatic rings. The van der Waals surface area contributed by atoms with Crippen LogP contribution >= 0.6 is 0 Å². The molecule has 0 aliphatic carbocycles. The van der Waals surface area contributed by atoms with Crippen LogP contribution < -0.4 is 14.8 Å². The number of halogens is 2. The molecule has 9 heteroatoms. The van der Waals surface area contributed by atoms with Gasteiger partial charge in [-0.2, -0.15) is 8.78 Å². The van der Waals surface area contributed by atoms with Crippen LogP contribution in [0, 0.1) is 0 Å². The van der Waals surface area contributed by atoms with Gasteiger partial charge in [0.1, 0.15) is 0 Å². The number of benzene rings is 2. The van der Waals surface area contributed by atoms with Gasteiger partial charge in [-0.15, -0.1) is 0 Å². The monoisotopic (exact) mass is 418 g/mol. The lowest BCUT2D eigenvalue weighted by Crippen LogP contribution is -2.28. The van der Waals surface area contributed by atoms with Gasteiger partial charge in [-0.3, -0.25) is 19.3 Å². The van der Waals surface area contributed by atoms with Gasteiger partial charge in [-0.05, 0) is 35.4 Å². The summed E-state index contributed by atoms with van der Waals surface area (Å²) in [6.07, 6.45) is 0.471. The maximum absolute atomic E-state index is 12.4. The van der Waals surface area contributed by atoms with Crippen molar-refractivity contribution < 1.29 is 32.6 Å². The highest BCUT2D eigenvalue weighted by molar-refractivity contribution is 6.01. The summed E-state index contributed by atoms with van der Waals surface area (Å²) < 4.78 is 34.2. The average Bonchev–Trinajstić information content (AvgIpc) is 3.05. The van der Waals surface area contributed by atoms with E-state index < -0.39 is 6.61 Å². The fourth-order valence-electron chi connectivity index (χ4n) is 3.04. The van der Waals surface area contributed by atoms with Gasteiger partial charge in [0, 0.05) is 24.9 Å². The predicted octanol–water partition coefficient (Wildman–Crippen LogP) is 2.88. The van der Waals surface area contributed by atoms with Crippen LogP contribution in [0.25, 0.3) is 0 Å². The first kappa shape index (κ1) is 21.2. The first-order valence-corrected chi connectivity index (χ1v) is 9.19. The molecule has 1 heterocycles. The molecule has 1 N–H and O–H groups in total. The number of nitrogens with zero attached hydrogens (tertiary/aromatic N) is 1. The average molecular weight is 418 g/mol. The van der Waals surface area contributed by atoms with E-state index in [0.29, 0.717) is 11.1 Å². The Hall–Kier alpha value is -3.49. The fourth-order valence-corrected chi connectivity index (χ4v) is 3.04. The van der Waals surface area contributed by atoms with Crippen molar-refractivity contribution >= 4 is 17.7 Å². The molecule has 1 aliphatic rings. The summed E-state index contributed by atoms with van der Waals surface area (Å²) in [6.45, 7) is -2.62. The van der Waals surface area contributed by atoms with Gasteiger partial charge in [-0.1, -0.05) is 18.2 Å². The smallest absolute Gasteiger partial charge is 0.387 e. The van der Waals surface area contributed by atoms with E-state index in [9.17, 15) is 23.2 Å². The molecule has 0 unspecified atom stereocenters. The van der Waals surface area contributed by atoms with Crippen LogP contribution in [0.15, 0.2) is 42.5 Å². The molecule has 0 spiro atoms. The number of ether oxygens (including phenoxy) is 2. The molecule has 1 saturated heterocycles. The number of hydrogen-bond acceptors (Lipinski definition) is 5. The molecule has 2 aromatic carbocycles. The number of amides is 3. The number of carbonyl (C=O) groups is 3. The van der Waals surface area contributed by atoms with E-state index in [-0.39, 0.29) is 55.2 Å². The van der Waals surface area contributed by atoms with Gasteiger partial charge >= 0.3 is 6.61 Å². The van der Waals surface area contributed by atoms with Crippen LogP contribution in [0.3, 0.4) is 0 Å². The Morgan fingerprint density at radius 2 is 1.67 bits per heavy atom. The Morgan fingerprint density at radius 3 is 2.27 bits per heavy atom. The minimum atomic E-state index is -2.96. The van der Waals surface area contributed by atoms with Gasteiger partial charge in [0.25, 0.3) is 5.91 Å². The molecule has 0 saturated carbocycles. The third-order valence-corrected chi connectivity index (χ3v) is 4.61. The molecule has 1 fully saturated rings. The summed E-state index contributed by atoms with van der Waals surface area (Å²) in [5.74, 6) is -0.670. The number of carbonyl (C=O) groups excluding carboxylic acids is 3. The fraction of sp³-hybridized carbons (Fsp3) is 0.286. The van der Waals surface area contributed by atoms with Crippen LogP contribution in [0.4, 0.5) is 8.78 Å². The molecule has 1 aliphatic heterocycles. The van der Waals surface area contributed by atoms with Crippen molar-refractivity contribution in [3.05, 3.63) is 59.2 Å². The molecule has 3 amide bonds. The van der Waals surface area contributed by atoms with Gasteiger partial charge in [0.2, 0.25) is 11.8 Å². The van der Waals surface area contributed by atoms with Crippen molar-refractivity contribution in [1.82, 2.24) is 10.2 Å². The minimum absolute atomic E-state index is 0.0897. The summed E-state index contributed by atoms with van der Waals surface area (Å²) in [5.41, 5.74) is 1.79. The molecule has 0 aromatic heterocycles. The maximum atomic E-state index is 12.4. The predicted molar refractivity (Wildman–Crippen MR) is 102 cm³/mol. The number of methoxy groups -OCH3 is 1. The second-order valence-electron chi connectivity index (χ2n) is 6.62. The Labute approximate surface area is 171 Å². The van der Waals surface area contributed by atoms with Gasteiger partial charge in [0.15, 0.2) is 11.5 Å². The molecule has 3 rings (SSSR count). The maximum Gasteiger partial charge on any atom is 0.387 e. The number of hydrogen-bond donors (Lipinski definition) is 1. The summed E-state index contributed by atoms with van der Waals surface area (Å²) in [4.78, 5) is 37.0. The highest BCUT2D eigenvalue weighted by atomic mass is 19.3. The first-order valence-electron chi connectivity index (χ1n) is 9.19. The lowest BCUT2D eigenvalue weighted by Gasteiger charge is -2.14. The summed E-state index contributed by atoms with van der Waals surface area (Å²) in [5, 5.41) is 2.73. The highest BCUT2D eigenvalue weighted by Crippen LogP contribution is 2.29. The Morgan fingerprint density at radius 1 is 1.03 bits per heavy atom. The second kappa shape index (κ2) is 9.34.